The number of carbonyl (C=O) groups is 1. The molecule has 1 heterocycles. The van der Waals surface area contributed by atoms with E-state index in [2.05, 4.69) is 15.3 Å². The molecule has 24 heavy (non-hydrogen) atoms. The average Bonchev–Trinajstić information content (AvgIpc) is 2.60. The lowest BCUT2D eigenvalue weighted by Crippen LogP contribution is -2.33. The number of benzene rings is 1. The van der Waals surface area contributed by atoms with E-state index >= 15 is 0 Å². The van der Waals surface area contributed by atoms with E-state index in [0.29, 0.717) is 25.3 Å². The molecular formula is C18H21N3O3. The molecule has 1 amide bonds. The Morgan fingerprint density at radius 1 is 1.25 bits per heavy atom. The maximum absolute atomic E-state index is 12.3. The molecule has 1 N–H and O–H groups in total. The fraction of sp³-hybridized carbons (Fsp3) is 0.278. The van der Waals surface area contributed by atoms with E-state index in [-0.39, 0.29) is 11.9 Å². The Balaban J connectivity index is 2.05. The van der Waals surface area contributed by atoms with Crippen molar-refractivity contribution in [1.29, 1.82) is 0 Å². The number of methoxy groups -OCH3 is 1. The third-order valence-electron chi connectivity index (χ3n) is 3.15. The van der Waals surface area contributed by atoms with Crippen LogP contribution in [0.25, 0.3) is 0 Å². The molecule has 0 aliphatic rings. The normalized spacial score (nSPS) is 11.2. The summed E-state index contributed by atoms with van der Waals surface area (Å²) in [6, 6.07) is 11.2. The number of hydrogen-bond acceptors (Lipinski definition) is 5. The minimum absolute atomic E-state index is 0.169. The summed E-state index contributed by atoms with van der Waals surface area (Å²) in [6.07, 6.45) is 3.42. The zero-order chi connectivity index (χ0) is 17.2. The molecule has 2 rings (SSSR count). The molecule has 0 saturated heterocycles. The van der Waals surface area contributed by atoms with Crippen molar-refractivity contribution in [2.24, 2.45) is 4.99 Å². The molecule has 126 valence electrons. The number of pyridine rings is 1. The number of nitrogens with one attached hydrogen (secondary N) is 1. The number of amides is 1. The van der Waals surface area contributed by atoms with Gasteiger partial charge in [-0.25, -0.2) is 4.99 Å². The summed E-state index contributed by atoms with van der Waals surface area (Å²) in [7, 11) is 1.58. The number of aryl methyl sites for hydroxylation is 1. The van der Waals surface area contributed by atoms with Crippen LogP contribution in [-0.4, -0.2) is 37.2 Å². The Hall–Kier alpha value is -2.73. The summed E-state index contributed by atoms with van der Waals surface area (Å²) in [5.41, 5.74) is 2.49. The second-order valence-corrected chi connectivity index (χ2v) is 5.15. The van der Waals surface area contributed by atoms with Gasteiger partial charge in [0.25, 0.3) is 11.9 Å². The van der Waals surface area contributed by atoms with Crippen LogP contribution in [0.15, 0.2) is 53.8 Å². The SMILES string of the molecule is COCCOC(=NCc1cccnc1)NC(=O)c1cccc(C)c1. The highest BCUT2D eigenvalue weighted by atomic mass is 16.5. The summed E-state index contributed by atoms with van der Waals surface area (Å²) in [6.45, 7) is 3.01. The molecule has 6 heteroatoms. The van der Waals surface area contributed by atoms with Crippen LogP contribution in [0.5, 0.6) is 0 Å². The minimum atomic E-state index is -0.263. The van der Waals surface area contributed by atoms with Crippen molar-refractivity contribution in [1.82, 2.24) is 10.3 Å². The number of aliphatic imine (C=N–C) groups is 1. The first-order chi connectivity index (χ1) is 11.7. The van der Waals surface area contributed by atoms with Gasteiger partial charge in [-0.2, -0.15) is 0 Å². The number of ether oxygens (including phenoxy) is 2. The molecule has 0 fully saturated rings. The zero-order valence-corrected chi connectivity index (χ0v) is 13.9. The first kappa shape index (κ1) is 17.6. The summed E-state index contributed by atoms with van der Waals surface area (Å²) < 4.78 is 10.5. The Bertz CT molecular complexity index is 687. The largest absolute Gasteiger partial charge is 0.463 e. The molecule has 2 aromatic rings. The van der Waals surface area contributed by atoms with E-state index in [1.54, 1.807) is 25.6 Å². The van der Waals surface area contributed by atoms with Crippen molar-refractivity contribution in [2.45, 2.75) is 13.5 Å². The van der Waals surface area contributed by atoms with E-state index in [9.17, 15) is 4.79 Å². The Kier molecular flexibility index (Phi) is 6.91. The second kappa shape index (κ2) is 9.42. The highest BCUT2D eigenvalue weighted by Gasteiger charge is 2.10. The van der Waals surface area contributed by atoms with Gasteiger partial charge in [-0.05, 0) is 30.7 Å². The molecule has 6 nitrogen and oxygen atoms in total. The second-order valence-electron chi connectivity index (χ2n) is 5.15. The highest BCUT2D eigenvalue weighted by molar-refractivity contribution is 6.04. The highest BCUT2D eigenvalue weighted by Crippen LogP contribution is 2.04. The Labute approximate surface area is 141 Å². The standard InChI is InChI=1S/C18H21N3O3/c1-14-5-3-7-16(11-14)17(22)21-18(24-10-9-23-2)20-13-15-6-4-8-19-12-15/h3-8,11-12H,9-10,13H2,1-2H3,(H,20,21,22). The molecule has 1 aromatic heterocycles. The molecular weight excluding hydrogens is 306 g/mol. The number of rotatable bonds is 6. The van der Waals surface area contributed by atoms with Crippen molar-refractivity contribution in [3.8, 4) is 0 Å². The van der Waals surface area contributed by atoms with Crippen molar-refractivity contribution in [3.05, 3.63) is 65.5 Å². The Morgan fingerprint density at radius 2 is 2.12 bits per heavy atom. The molecule has 0 aliphatic carbocycles. The minimum Gasteiger partial charge on any atom is -0.463 e. The lowest BCUT2D eigenvalue weighted by Gasteiger charge is -2.11. The maximum Gasteiger partial charge on any atom is 0.292 e. The summed E-state index contributed by atoms with van der Waals surface area (Å²) in [5.74, 6) is -0.263. The van der Waals surface area contributed by atoms with E-state index in [0.717, 1.165) is 11.1 Å². The van der Waals surface area contributed by atoms with Gasteiger partial charge in [0.15, 0.2) is 0 Å². The van der Waals surface area contributed by atoms with Crippen molar-refractivity contribution in [2.75, 3.05) is 20.3 Å². The predicted molar refractivity (Wildman–Crippen MR) is 91.8 cm³/mol. The van der Waals surface area contributed by atoms with Crippen LogP contribution in [0.2, 0.25) is 0 Å². The van der Waals surface area contributed by atoms with Crippen LogP contribution in [0.3, 0.4) is 0 Å². The van der Waals surface area contributed by atoms with Gasteiger partial charge in [0.1, 0.15) is 6.61 Å². The van der Waals surface area contributed by atoms with E-state index in [4.69, 9.17) is 9.47 Å². The van der Waals surface area contributed by atoms with Gasteiger partial charge in [0, 0.05) is 25.1 Å². The molecule has 0 spiro atoms. The van der Waals surface area contributed by atoms with Crippen LogP contribution in [0.4, 0.5) is 0 Å². The van der Waals surface area contributed by atoms with Crippen molar-refractivity contribution < 1.29 is 14.3 Å². The number of nitrogens with zero attached hydrogens (tertiary/aromatic N) is 2. The zero-order valence-electron chi connectivity index (χ0n) is 13.9. The van der Waals surface area contributed by atoms with Gasteiger partial charge >= 0.3 is 0 Å². The first-order valence-corrected chi connectivity index (χ1v) is 7.62. The van der Waals surface area contributed by atoms with E-state index in [1.165, 1.54) is 0 Å². The van der Waals surface area contributed by atoms with Crippen molar-refractivity contribution >= 4 is 11.9 Å². The third kappa shape index (κ3) is 5.81. The van der Waals surface area contributed by atoms with Crippen LogP contribution in [0, 0.1) is 6.92 Å². The fourth-order valence-corrected chi connectivity index (χ4v) is 1.95. The fourth-order valence-electron chi connectivity index (χ4n) is 1.95. The van der Waals surface area contributed by atoms with Crippen molar-refractivity contribution in [3.63, 3.8) is 0 Å². The van der Waals surface area contributed by atoms with Gasteiger partial charge in [-0.1, -0.05) is 23.8 Å². The van der Waals surface area contributed by atoms with Gasteiger partial charge < -0.3 is 9.47 Å². The smallest absolute Gasteiger partial charge is 0.292 e. The third-order valence-corrected chi connectivity index (χ3v) is 3.15. The summed E-state index contributed by atoms with van der Waals surface area (Å²) >= 11 is 0. The molecule has 0 atom stereocenters. The van der Waals surface area contributed by atoms with Gasteiger partial charge in [0.05, 0.1) is 13.2 Å². The van der Waals surface area contributed by atoms with E-state index < -0.39 is 0 Å². The quantitative estimate of drug-likeness (QED) is 0.502. The number of aromatic nitrogens is 1. The maximum atomic E-state index is 12.3. The number of amidine groups is 1. The summed E-state index contributed by atoms with van der Waals surface area (Å²) in [4.78, 5) is 20.7. The lowest BCUT2D eigenvalue weighted by atomic mass is 10.1. The van der Waals surface area contributed by atoms with Crippen LogP contribution < -0.4 is 5.32 Å². The molecule has 0 bridgehead atoms. The number of carbonyl (C=O) groups excluding carboxylic acids is 1. The molecule has 1 aromatic carbocycles. The average molecular weight is 327 g/mol. The predicted octanol–water partition coefficient (Wildman–Crippen LogP) is 2.34. The molecule has 0 aliphatic heterocycles. The topological polar surface area (TPSA) is 72.8 Å². The molecule has 0 saturated carbocycles. The lowest BCUT2D eigenvalue weighted by molar-refractivity contribution is 0.0953. The van der Waals surface area contributed by atoms with E-state index in [1.807, 2.05) is 37.3 Å². The Morgan fingerprint density at radius 3 is 2.83 bits per heavy atom. The monoisotopic (exact) mass is 327 g/mol. The molecule has 0 radical (unpaired) electrons. The van der Waals surface area contributed by atoms with Gasteiger partial charge in [-0.15, -0.1) is 0 Å². The van der Waals surface area contributed by atoms with Crippen LogP contribution in [-0.2, 0) is 16.0 Å². The van der Waals surface area contributed by atoms with Crippen LogP contribution in [0.1, 0.15) is 21.5 Å². The molecule has 0 unspecified atom stereocenters. The van der Waals surface area contributed by atoms with Crippen LogP contribution >= 0.6 is 0 Å². The number of hydrogen-bond donors (Lipinski definition) is 1. The first-order valence-electron chi connectivity index (χ1n) is 7.62. The van der Waals surface area contributed by atoms with Gasteiger partial charge in [-0.3, -0.25) is 15.1 Å². The summed E-state index contributed by atoms with van der Waals surface area (Å²) in [5, 5.41) is 2.70. The van der Waals surface area contributed by atoms with Gasteiger partial charge in [0.2, 0.25) is 0 Å².